The minimum atomic E-state index is -0.284. The van der Waals surface area contributed by atoms with E-state index in [-0.39, 0.29) is 5.82 Å². The largest absolute Gasteiger partial charge is 0.397 e. The van der Waals surface area contributed by atoms with Gasteiger partial charge in [0, 0.05) is 13.6 Å². The van der Waals surface area contributed by atoms with E-state index in [9.17, 15) is 4.39 Å². The zero-order valence-corrected chi connectivity index (χ0v) is 11.6. The molecule has 2 nitrogen and oxygen atoms in total. The molecule has 0 aliphatic heterocycles. The van der Waals surface area contributed by atoms with E-state index >= 15 is 0 Å². The Hall–Kier alpha value is -2.03. The highest BCUT2D eigenvalue weighted by Crippen LogP contribution is 2.27. The zero-order chi connectivity index (χ0) is 14.0. The number of rotatable bonds is 3. The molecule has 0 saturated heterocycles. The Bertz CT molecular complexity index is 573. The van der Waals surface area contributed by atoms with Crippen LogP contribution in [0, 0.1) is 19.7 Å². The summed E-state index contributed by atoms with van der Waals surface area (Å²) in [5.74, 6) is -0.284. The minimum Gasteiger partial charge on any atom is -0.397 e. The van der Waals surface area contributed by atoms with Gasteiger partial charge in [-0.25, -0.2) is 4.39 Å². The fraction of sp³-hybridized carbons (Fsp3) is 0.250. The number of halogens is 1. The summed E-state index contributed by atoms with van der Waals surface area (Å²) < 4.78 is 13.9. The molecule has 19 heavy (non-hydrogen) atoms. The summed E-state index contributed by atoms with van der Waals surface area (Å²) >= 11 is 0. The average molecular weight is 258 g/mol. The highest BCUT2D eigenvalue weighted by molar-refractivity contribution is 5.68. The highest BCUT2D eigenvalue weighted by Gasteiger charge is 2.12. The Labute approximate surface area is 113 Å². The van der Waals surface area contributed by atoms with Crippen LogP contribution in [0.15, 0.2) is 36.4 Å². The van der Waals surface area contributed by atoms with Crippen LogP contribution < -0.4 is 10.6 Å². The van der Waals surface area contributed by atoms with Crippen molar-refractivity contribution < 1.29 is 4.39 Å². The molecule has 0 bridgehead atoms. The molecule has 100 valence electrons. The van der Waals surface area contributed by atoms with Crippen LogP contribution in [0.2, 0.25) is 0 Å². The van der Waals surface area contributed by atoms with Crippen molar-refractivity contribution in [3.8, 4) is 0 Å². The molecule has 2 aromatic rings. The van der Waals surface area contributed by atoms with E-state index in [0.29, 0.717) is 17.9 Å². The van der Waals surface area contributed by atoms with Gasteiger partial charge in [-0.1, -0.05) is 29.8 Å². The third-order valence-electron chi connectivity index (χ3n) is 3.31. The topological polar surface area (TPSA) is 29.3 Å². The standard InChI is InChI=1S/C16H19FN2/c1-11-7-8-12(2)13(9-11)10-19(3)16-14(17)5-4-6-15(16)18/h4-9H,10,18H2,1-3H3. The van der Waals surface area contributed by atoms with E-state index in [1.807, 2.05) is 11.9 Å². The summed E-state index contributed by atoms with van der Waals surface area (Å²) in [4.78, 5) is 1.85. The number of hydrogen-bond donors (Lipinski definition) is 1. The molecule has 2 aromatic carbocycles. The van der Waals surface area contributed by atoms with Gasteiger partial charge >= 0.3 is 0 Å². The molecule has 2 N–H and O–H groups in total. The molecular weight excluding hydrogens is 239 g/mol. The molecule has 0 spiro atoms. The van der Waals surface area contributed by atoms with Crippen molar-refractivity contribution in [1.82, 2.24) is 0 Å². The molecule has 0 fully saturated rings. The van der Waals surface area contributed by atoms with Crippen LogP contribution in [0.25, 0.3) is 0 Å². The lowest BCUT2D eigenvalue weighted by atomic mass is 10.0. The molecule has 0 atom stereocenters. The first-order chi connectivity index (χ1) is 8.99. The maximum Gasteiger partial charge on any atom is 0.148 e. The maximum atomic E-state index is 13.9. The average Bonchev–Trinajstić information content (AvgIpc) is 2.33. The van der Waals surface area contributed by atoms with E-state index in [1.165, 1.54) is 22.8 Å². The van der Waals surface area contributed by atoms with E-state index in [4.69, 9.17) is 5.73 Å². The van der Waals surface area contributed by atoms with Gasteiger partial charge in [0.25, 0.3) is 0 Å². The summed E-state index contributed by atoms with van der Waals surface area (Å²) in [5, 5.41) is 0. The molecular formula is C16H19FN2. The van der Waals surface area contributed by atoms with Crippen LogP contribution in [-0.2, 0) is 6.54 Å². The Morgan fingerprint density at radius 1 is 1.16 bits per heavy atom. The Kier molecular flexibility index (Phi) is 3.74. The molecule has 0 saturated carbocycles. The fourth-order valence-corrected chi connectivity index (χ4v) is 2.24. The van der Waals surface area contributed by atoms with Gasteiger partial charge in [0.2, 0.25) is 0 Å². The van der Waals surface area contributed by atoms with Crippen molar-refractivity contribution in [2.75, 3.05) is 17.7 Å². The second kappa shape index (κ2) is 5.31. The zero-order valence-electron chi connectivity index (χ0n) is 11.6. The predicted octanol–water partition coefficient (Wildman–Crippen LogP) is 3.66. The van der Waals surface area contributed by atoms with Crippen molar-refractivity contribution in [1.29, 1.82) is 0 Å². The van der Waals surface area contributed by atoms with Crippen LogP contribution >= 0.6 is 0 Å². The molecule has 0 amide bonds. The lowest BCUT2D eigenvalue weighted by Gasteiger charge is -2.23. The first kappa shape index (κ1) is 13.4. The number of anilines is 2. The van der Waals surface area contributed by atoms with Crippen LogP contribution in [0.4, 0.5) is 15.8 Å². The smallest absolute Gasteiger partial charge is 0.148 e. The first-order valence-electron chi connectivity index (χ1n) is 6.30. The number of nitrogen functional groups attached to an aromatic ring is 1. The third-order valence-corrected chi connectivity index (χ3v) is 3.31. The Morgan fingerprint density at radius 2 is 1.89 bits per heavy atom. The van der Waals surface area contributed by atoms with Crippen LogP contribution in [0.5, 0.6) is 0 Å². The van der Waals surface area contributed by atoms with Crippen molar-refractivity contribution in [2.45, 2.75) is 20.4 Å². The lowest BCUT2D eigenvalue weighted by molar-refractivity contribution is 0.623. The molecule has 0 unspecified atom stereocenters. The van der Waals surface area contributed by atoms with Gasteiger partial charge in [-0.3, -0.25) is 0 Å². The highest BCUT2D eigenvalue weighted by atomic mass is 19.1. The molecule has 0 aliphatic carbocycles. The van der Waals surface area contributed by atoms with Gasteiger partial charge in [0.05, 0.1) is 11.4 Å². The number of nitrogens with zero attached hydrogens (tertiary/aromatic N) is 1. The second-order valence-corrected chi connectivity index (χ2v) is 4.96. The number of para-hydroxylation sites is 1. The quantitative estimate of drug-likeness (QED) is 0.851. The summed E-state index contributed by atoms with van der Waals surface area (Å²) in [6.07, 6.45) is 0. The summed E-state index contributed by atoms with van der Waals surface area (Å²) in [7, 11) is 1.86. The van der Waals surface area contributed by atoms with E-state index < -0.39 is 0 Å². The molecule has 2 rings (SSSR count). The van der Waals surface area contributed by atoms with Gasteiger partial charge in [-0.15, -0.1) is 0 Å². The van der Waals surface area contributed by atoms with E-state index in [1.54, 1.807) is 12.1 Å². The van der Waals surface area contributed by atoms with Crippen molar-refractivity contribution >= 4 is 11.4 Å². The van der Waals surface area contributed by atoms with Crippen LogP contribution in [-0.4, -0.2) is 7.05 Å². The molecule has 0 heterocycles. The van der Waals surface area contributed by atoms with Gasteiger partial charge in [0.15, 0.2) is 0 Å². The normalized spacial score (nSPS) is 10.5. The van der Waals surface area contributed by atoms with E-state index in [0.717, 1.165) is 0 Å². The van der Waals surface area contributed by atoms with Gasteiger partial charge in [-0.05, 0) is 37.1 Å². The monoisotopic (exact) mass is 258 g/mol. The summed E-state index contributed by atoms with van der Waals surface area (Å²) in [5.41, 5.74) is 10.4. The fourth-order valence-electron chi connectivity index (χ4n) is 2.24. The summed E-state index contributed by atoms with van der Waals surface area (Å²) in [6.45, 7) is 4.76. The SMILES string of the molecule is Cc1ccc(C)c(CN(C)c2c(N)cccc2F)c1. The Morgan fingerprint density at radius 3 is 2.58 bits per heavy atom. The van der Waals surface area contributed by atoms with Crippen molar-refractivity contribution in [3.63, 3.8) is 0 Å². The lowest BCUT2D eigenvalue weighted by Crippen LogP contribution is -2.19. The van der Waals surface area contributed by atoms with Crippen molar-refractivity contribution in [2.24, 2.45) is 0 Å². The third kappa shape index (κ3) is 2.87. The van der Waals surface area contributed by atoms with Gasteiger partial charge in [0.1, 0.15) is 5.82 Å². The second-order valence-electron chi connectivity index (χ2n) is 4.96. The van der Waals surface area contributed by atoms with Crippen LogP contribution in [0.1, 0.15) is 16.7 Å². The van der Waals surface area contributed by atoms with Crippen LogP contribution in [0.3, 0.4) is 0 Å². The first-order valence-corrected chi connectivity index (χ1v) is 6.30. The molecule has 0 radical (unpaired) electrons. The number of nitrogens with two attached hydrogens (primary N) is 1. The molecule has 0 aliphatic rings. The number of benzene rings is 2. The summed E-state index contributed by atoms with van der Waals surface area (Å²) in [6, 6.07) is 11.1. The number of hydrogen-bond acceptors (Lipinski definition) is 2. The predicted molar refractivity (Wildman–Crippen MR) is 78.8 cm³/mol. The molecule has 3 heteroatoms. The Balaban J connectivity index is 2.31. The maximum absolute atomic E-state index is 13.9. The van der Waals surface area contributed by atoms with Gasteiger partial charge in [-0.2, -0.15) is 0 Å². The number of aryl methyl sites for hydroxylation is 2. The van der Waals surface area contributed by atoms with Crippen molar-refractivity contribution in [3.05, 3.63) is 58.9 Å². The minimum absolute atomic E-state index is 0.284. The van der Waals surface area contributed by atoms with Gasteiger partial charge < -0.3 is 10.6 Å². The molecule has 0 aromatic heterocycles. The van der Waals surface area contributed by atoms with E-state index in [2.05, 4.69) is 32.0 Å².